The molecule has 0 spiro atoms. The van der Waals surface area contributed by atoms with Gasteiger partial charge in [-0.15, -0.1) is 5.06 Å². The van der Waals surface area contributed by atoms with Crippen LogP contribution >= 0.6 is 0 Å². The van der Waals surface area contributed by atoms with Crippen molar-refractivity contribution in [1.29, 1.82) is 0 Å². The number of nitrogens with zero attached hydrogens (tertiary/aromatic N) is 4. The topological polar surface area (TPSA) is 220 Å². The van der Waals surface area contributed by atoms with E-state index in [1.807, 2.05) is 10.6 Å². The molecule has 318 valence electrons. The predicted molar refractivity (Wildman–Crippen MR) is 217 cm³/mol. The quantitative estimate of drug-likeness (QED) is 0.0935. The molecule has 6 heterocycles. The van der Waals surface area contributed by atoms with Gasteiger partial charge < -0.3 is 28.6 Å². The Labute approximate surface area is 347 Å². The number of aromatic nitrogens is 2. The fourth-order valence-electron chi connectivity index (χ4n) is 9.24. The number of imide groups is 1. The van der Waals surface area contributed by atoms with E-state index >= 15 is 0 Å². The standard InChI is InChI=1S/C42H47N5O11S2/c1-6-24-22-42(4,5)46-17-10-11-26-36(46)28(24)20-29-34(40-43-15-18-45(40)16-9-7-8-12-33(50)58-47-31(48)13-14-32(47)49)30-19-27-25(23-59(51,52)53)21-41(2,3)44-35(27)39(60(54,55)56)38(30)57-37(26)29/h15,18-22H,6-14,16-17,23H2,1-5H3,(H2,51,52,53,54,55,56)/p-1. The fourth-order valence-corrected chi connectivity index (χ4v) is 10.6. The Kier molecular flexibility index (Phi) is 10.2. The highest BCUT2D eigenvalue weighted by atomic mass is 32.2. The number of carbonyl (C=O) groups excluding carboxylic acids is 3. The summed E-state index contributed by atoms with van der Waals surface area (Å²) in [6, 6.07) is 3.61. The molecule has 5 aliphatic rings. The van der Waals surface area contributed by atoms with Crippen molar-refractivity contribution in [3.8, 4) is 11.5 Å². The van der Waals surface area contributed by atoms with E-state index in [9.17, 15) is 40.3 Å². The number of ether oxygens (including phenoxy) is 1. The van der Waals surface area contributed by atoms with Crippen LogP contribution in [-0.2, 0) is 52.4 Å². The normalized spacial score (nSPS) is 18.8. The number of carbonyl (C=O) groups is 3. The lowest BCUT2D eigenvalue weighted by Gasteiger charge is -2.37. The molecule has 18 heteroatoms. The first-order chi connectivity index (χ1) is 28.2. The number of rotatable bonds is 12. The Morgan fingerprint density at radius 1 is 0.950 bits per heavy atom. The molecule has 2 amide bonds. The zero-order valence-corrected chi connectivity index (χ0v) is 35.7. The van der Waals surface area contributed by atoms with Gasteiger partial charge in [0.1, 0.15) is 33.1 Å². The molecule has 1 aromatic heterocycles. The summed E-state index contributed by atoms with van der Waals surface area (Å²) in [6.45, 7) is 10.9. The molecule has 2 aromatic carbocycles. The van der Waals surface area contributed by atoms with Crippen molar-refractivity contribution < 1.29 is 49.9 Å². The number of allylic oxidation sites excluding steroid dienone is 1. The summed E-state index contributed by atoms with van der Waals surface area (Å²) in [5.74, 6) is -2.14. The number of benzene rings is 2. The van der Waals surface area contributed by atoms with Gasteiger partial charge in [0.25, 0.3) is 11.8 Å². The molecule has 0 radical (unpaired) electrons. The van der Waals surface area contributed by atoms with Crippen molar-refractivity contribution in [2.45, 2.75) is 115 Å². The van der Waals surface area contributed by atoms with Crippen LogP contribution in [0.5, 0.6) is 11.5 Å². The maximum Gasteiger partial charge on any atom is 0.333 e. The van der Waals surface area contributed by atoms with Crippen molar-refractivity contribution >= 4 is 60.4 Å². The van der Waals surface area contributed by atoms with E-state index in [0.717, 1.165) is 41.4 Å². The first kappa shape index (κ1) is 41.6. The second-order valence-electron chi connectivity index (χ2n) is 17.0. The SMILES string of the molecule is CCC1=CC(C)(C)[N+]2=c3c1cc1c(c3CCC2)Oc2c(cc3c(c2S(=O)(=O)[O-])NC(C)(C)C=C3CS(=O)(=O)[O-])C=1c1nccn1CCCCCC(=O)ON1C(=O)CCC1=O. The van der Waals surface area contributed by atoms with E-state index in [1.54, 1.807) is 38.4 Å². The van der Waals surface area contributed by atoms with E-state index in [0.29, 0.717) is 59.7 Å². The maximum atomic E-state index is 13.6. The van der Waals surface area contributed by atoms with Crippen LogP contribution in [0.1, 0.15) is 114 Å². The van der Waals surface area contributed by atoms with Crippen molar-refractivity contribution in [3.05, 3.63) is 75.3 Å². The van der Waals surface area contributed by atoms with Gasteiger partial charge in [0.05, 0.1) is 38.2 Å². The summed E-state index contributed by atoms with van der Waals surface area (Å²) in [6.07, 6.45) is 10.8. The van der Waals surface area contributed by atoms with Crippen LogP contribution in [0.15, 0.2) is 41.6 Å². The maximum absolute atomic E-state index is 13.6. The van der Waals surface area contributed by atoms with Gasteiger partial charge in [0.2, 0.25) is 5.36 Å². The molecule has 0 unspecified atom stereocenters. The second kappa shape index (κ2) is 14.8. The zero-order chi connectivity index (χ0) is 43.1. The minimum absolute atomic E-state index is 0.00176. The summed E-state index contributed by atoms with van der Waals surface area (Å²) in [5.41, 5.74) is 2.18. The predicted octanol–water partition coefficient (Wildman–Crippen LogP) is 3.46. The van der Waals surface area contributed by atoms with Crippen LogP contribution in [0.2, 0.25) is 0 Å². The third-order valence-electron chi connectivity index (χ3n) is 11.7. The Hall–Kier alpha value is -5.17. The van der Waals surface area contributed by atoms with E-state index < -0.39 is 54.2 Å². The molecule has 0 saturated carbocycles. The van der Waals surface area contributed by atoms with Crippen molar-refractivity contribution in [2.24, 2.45) is 0 Å². The van der Waals surface area contributed by atoms with Gasteiger partial charge in [-0.1, -0.05) is 19.4 Å². The number of hydrogen-bond acceptors (Lipinski definition) is 13. The Bertz CT molecular complexity index is 2820. The molecule has 60 heavy (non-hydrogen) atoms. The molecular weight excluding hydrogens is 815 g/mol. The van der Waals surface area contributed by atoms with Gasteiger partial charge in [-0.3, -0.25) is 9.59 Å². The number of hydrogen-bond donors (Lipinski definition) is 1. The average Bonchev–Trinajstić information content (AvgIpc) is 3.74. The number of imidazole rings is 1. The van der Waals surface area contributed by atoms with E-state index in [-0.39, 0.29) is 52.9 Å². The third-order valence-corrected chi connectivity index (χ3v) is 13.2. The smallest absolute Gasteiger partial charge is 0.333 e. The Morgan fingerprint density at radius 2 is 1.68 bits per heavy atom. The van der Waals surface area contributed by atoms with Gasteiger partial charge >= 0.3 is 5.97 Å². The third kappa shape index (κ3) is 7.47. The van der Waals surface area contributed by atoms with Gasteiger partial charge in [0.15, 0.2) is 11.3 Å². The summed E-state index contributed by atoms with van der Waals surface area (Å²) in [7, 11) is -10.2. The fraction of sp³-hybridized carbons (Fsp3) is 0.452. The van der Waals surface area contributed by atoms with Gasteiger partial charge in [-0.25, -0.2) is 31.2 Å². The van der Waals surface area contributed by atoms with Crippen LogP contribution < -0.4 is 25.2 Å². The molecule has 8 rings (SSSR count). The molecule has 1 fully saturated rings. The highest BCUT2D eigenvalue weighted by Crippen LogP contribution is 2.50. The largest absolute Gasteiger partial charge is 0.748 e. The highest BCUT2D eigenvalue weighted by Gasteiger charge is 2.42. The van der Waals surface area contributed by atoms with Crippen LogP contribution in [0.4, 0.5) is 5.69 Å². The lowest BCUT2D eigenvalue weighted by Crippen LogP contribution is -2.53. The number of aryl methyl sites for hydroxylation is 1. The Balaban J connectivity index is 1.30. The lowest BCUT2D eigenvalue weighted by molar-refractivity contribution is -0.197. The molecule has 0 atom stereocenters. The molecule has 16 nitrogen and oxygen atoms in total. The molecule has 3 aromatic rings. The Morgan fingerprint density at radius 3 is 2.37 bits per heavy atom. The molecule has 0 bridgehead atoms. The first-order valence-electron chi connectivity index (χ1n) is 20.1. The van der Waals surface area contributed by atoms with Gasteiger partial charge in [-0.2, -0.15) is 0 Å². The lowest BCUT2D eigenvalue weighted by atomic mass is 9.83. The average molecular weight is 861 g/mol. The van der Waals surface area contributed by atoms with Crippen LogP contribution in [0.25, 0.3) is 16.7 Å². The second-order valence-corrected chi connectivity index (χ2v) is 19.7. The minimum Gasteiger partial charge on any atom is -0.748 e. The monoisotopic (exact) mass is 860 g/mol. The first-order valence-corrected chi connectivity index (χ1v) is 23.1. The zero-order valence-electron chi connectivity index (χ0n) is 34.0. The minimum atomic E-state index is -5.34. The number of fused-ring (bicyclic) bond motifs is 4. The number of amides is 2. The summed E-state index contributed by atoms with van der Waals surface area (Å²) >= 11 is 0. The summed E-state index contributed by atoms with van der Waals surface area (Å²) < 4.78 is 88.5. The molecule has 0 aliphatic carbocycles. The van der Waals surface area contributed by atoms with Gasteiger partial charge in [0, 0.05) is 80.4 Å². The number of hydroxylamine groups is 2. The van der Waals surface area contributed by atoms with Crippen LogP contribution in [0, 0.1) is 0 Å². The number of nitrogens with one attached hydrogen (secondary N) is 1. The van der Waals surface area contributed by atoms with Crippen molar-refractivity contribution in [1.82, 2.24) is 19.2 Å². The number of anilines is 1. The van der Waals surface area contributed by atoms with E-state index in [1.165, 1.54) is 0 Å². The van der Waals surface area contributed by atoms with Crippen molar-refractivity contribution in [2.75, 3.05) is 17.6 Å². The molecule has 5 aliphatic heterocycles. The summed E-state index contributed by atoms with van der Waals surface area (Å²) in [5, 5.41) is 5.23. The highest BCUT2D eigenvalue weighted by molar-refractivity contribution is 7.86. The summed E-state index contributed by atoms with van der Waals surface area (Å²) in [4.78, 5) is 45.3. The number of unbranched alkanes of at least 4 members (excludes halogenated alkanes) is 2. The van der Waals surface area contributed by atoms with E-state index in [2.05, 4.69) is 36.7 Å². The van der Waals surface area contributed by atoms with Crippen molar-refractivity contribution in [3.63, 3.8) is 0 Å². The van der Waals surface area contributed by atoms with E-state index in [4.69, 9.17) is 14.6 Å². The van der Waals surface area contributed by atoms with Gasteiger partial charge in [-0.05, 0) is 68.9 Å². The van der Waals surface area contributed by atoms with Crippen LogP contribution in [-0.4, -0.2) is 81.7 Å². The molecule has 1 N–H and O–H groups in total. The molecular formula is C42H46N5O11S2-. The van der Waals surface area contributed by atoms with Crippen LogP contribution in [0.3, 0.4) is 0 Å². The molecule has 1 saturated heterocycles.